The number of nitrogens with zero attached hydrogens (tertiary/aromatic N) is 5. The zero-order valence-electron chi connectivity index (χ0n) is 23.9. The van der Waals surface area contributed by atoms with E-state index in [1.807, 2.05) is 38.1 Å². The molecule has 0 bridgehead atoms. The van der Waals surface area contributed by atoms with Crippen LogP contribution in [0.1, 0.15) is 51.9 Å². The fourth-order valence-electron chi connectivity index (χ4n) is 5.97. The number of carbonyl (C=O) groups excluding carboxylic acids is 1. The number of ether oxygens (including phenoxy) is 2. The lowest BCUT2D eigenvalue weighted by atomic mass is 9.87. The number of nitrogens with one attached hydrogen (secondary N) is 2. The van der Waals surface area contributed by atoms with E-state index in [0.717, 1.165) is 23.7 Å². The molecule has 3 aliphatic heterocycles. The number of halogens is 3. The van der Waals surface area contributed by atoms with Gasteiger partial charge in [0, 0.05) is 32.4 Å². The van der Waals surface area contributed by atoms with Crippen LogP contribution in [0.15, 0.2) is 24.3 Å². The summed E-state index contributed by atoms with van der Waals surface area (Å²) < 4.78 is 51.5. The van der Waals surface area contributed by atoms with Crippen LogP contribution in [0.5, 0.6) is 0 Å². The molecule has 222 valence electrons. The first-order valence-corrected chi connectivity index (χ1v) is 13.8. The Balaban J connectivity index is 1.41. The van der Waals surface area contributed by atoms with Gasteiger partial charge < -0.3 is 24.6 Å². The molecule has 5 rings (SSSR count). The zero-order chi connectivity index (χ0) is 29.7. The van der Waals surface area contributed by atoms with Crippen molar-refractivity contribution in [3.63, 3.8) is 0 Å². The second-order valence-corrected chi connectivity index (χ2v) is 11.4. The van der Waals surface area contributed by atoms with Crippen molar-refractivity contribution >= 4 is 34.9 Å². The maximum absolute atomic E-state index is 13.7. The number of morpholine rings is 1. The van der Waals surface area contributed by atoms with Crippen molar-refractivity contribution in [3.05, 3.63) is 35.7 Å². The predicted octanol–water partition coefficient (Wildman–Crippen LogP) is 4.57. The average molecular weight is 576 g/mol. The van der Waals surface area contributed by atoms with Gasteiger partial charge in [-0.25, -0.2) is 9.97 Å². The van der Waals surface area contributed by atoms with Crippen molar-refractivity contribution in [1.82, 2.24) is 14.9 Å². The van der Waals surface area contributed by atoms with E-state index in [1.165, 1.54) is 0 Å². The van der Waals surface area contributed by atoms with Gasteiger partial charge in [0.2, 0.25) is 5.91 Å². The number of aromatic nitrogens is 2. The molecule has 0 radical (unpaired) electrons. The normalized spacial score (nSPS) is 24.0. The lowest BCUT2D eigenvalue weighted by molar-refractivity contribution is -0.169. The highest BCUT2D eigenvalue weighted by molar-refractivity contribution is 6.12. The molecular weight excluding hydrogens is 539 g/mol. The molecule has 13 heteroatoms. The number of carbonyl (C=O) groups is 1. The van der Waals surface area contributed by atoms with Gasteiger partial charge in [0.25, 0.3) is 6.02 Å². The van der Waals surface area contributed by atoms with E-state index in [9.17, 15) is 18.0 Å². The number of anilines is 4. The SMILES string of the molecule is CNc1nc(COC(=N)N2CCCC2C(F)(F)F)nc2c1C(C)(C)C(=O)N2c1ccc(N2C[C@@H](C)O[C@@H](C)C2)cc1. The summed E-state index contributed by atoms with van der Waals surface area (Å²) in [5.74, 6) is 0.753. The van der Waals surface area contributed by atoms with Crippen LogP contribution in [0.3, 0.4) is 0 Å². The Morgan fingerprint density at radius 1 is 1.15 bits per heavy atom. The molecule has 3 aliphatic rings. The summed E-state index contributed by atoms with van der Waals surface area (Å²) in [5.41, 5.74) is 1.32. The van der Waals surface area contributed by atoms with E-state index in [1.54, 1.807) is 25.8 Å². The standard InChI is InChI=1S/C28H36F3N7O3/c1-16-13-36(14-17(2)41-16)18-8-10-19(11-9-18)38-24-22(27(3,4)25(38)39)23(33-5)34-21(35-24)15-40-26(32)37-12-6-7-20(37)28(29,30)31/h8-11,16-17,20,32H,6-7,12-15H2,1-5H3,(H,33,34,35)/t16-,17+,20?. The number of rotatable bonds is 5. The first-order chi connectivity index (χ1) is 19.3. The Morgan fingerprint density at radius 3 is 2.39 bits per heavy atom. The third kappa shape index (κ3) is 5.39. The molecule has 10 nitrogen and oxygen atoms in total. The molecule has 3 atom stereocenters. The van der Waals surface area contributed by atoms with Crippen molar-refractivity contribution in [1.29, 1.82) is 5.41 Å². The van der Waals surface area contributed by atoms with Crippen LogP contribution in [-0.4, -0.2) is 77.9 Å². The summed E-state index contributed by atoms with van der Waals surface area (Å²) in [4.78, 5) is 27.6. The van der Waals surface area contributed by atoms with Gasteiger partial charge in [0.05, 0.1) is 28.9 Å². The Bertz CT molecular complexity index is 1310. The number of alkyl halides is 3. The van der Waals surface area contributed by atoms with E-state index in [4.69, 9.17) is 14.9 Å². The number of benzene rings is 1. The highest BCUT2D eigenvalue weighted by Gasteiger charge is 2.49. The Labute approximate surface area is 237 Å². The molecule has 2 N–H and O–H groups in total. The highest BCUT2D eigenvalue weighted by Crippen LogP contribution is 2.47. The lowest BCUT2D eigenvalue weighted by Crippen LogP contribution is -2.45. The van der Waals surface area contributed by atoms with Crippen LogP contribution in [0.2, 0.25) is 0 Å². The number of fused-ring (bicyclic) bond motifs is 1. The van der Waals surface area contributed by atoms with Crippen LogP contribution in [0.4, 0.5) is 36.2 Å². The number of hydrogen-bond donors (Lipinski definition) is 2. The Morgan fingerprint density at radius 2 is 1.78 bits per heavy atom. The minimum Gasteiger partial charge on any atom is -0.457 e. The van der Waals surface area contributed by atoms with Crippen molar-refractivity contribution in [2.24, 2.45) is 0 Å². The molecule has 0 aliphatic carbocycles. The molecule has 2 saturated heterocycles. The van der Waals surface area contributed by atoms with E-state index in [2.05, 4.69) is 20.2 Å². The Kier molecular flexibility index (Phi) is 7.51. The molecule has 2 fully saturated rings. The third-order valence-corrected chi connectivity index (χ3v) is 7.87. The number of amides is 1. The molecule has 1 aromatic heterocycles. The number of amidine groups is 1. The quantitative estimate of drug-likeness (QED) is 0.395. The molecular formula is C28H36F3N7O3. The monoisotopic (exact) mass is 575 g/mol. The smallest absolute Gasteiger partial charge is 0.408 e. The Hall–Kier alpha value is -3.61. The van der Waals surface area contributed by atoms with Gasteiger partial charge in [-0.2, -0.15) is 13.2 Å². The van der Waals surface area contributed by atoms with Gasteiger partial charge in [-0.1, -0.05) is 0 Å². The van der Waals surface area contributed by atoms with Crippen LogP contribution in [0.25, 0.3) is 0 Å². The van der Waals surface area contributed by atoms with Gasteiger partial charge >= 0.3 is 6.18 Å². The molecule has 4 heterocycles. The predicted molar refractivity (Wildman–Crippen MR) is 149 cm³/mol. The summed E-state index contributed by atoms with van der Waals surface area (Å²) >= 11 is 0. The van der Waals surface area contributed by atoms with Crippen LogP contribution < -0.4 is 15.1 Å². The van der Waals surface area contributed by atoms with Gasteiger partial charge in [-0.05, 0) is 64.8 Å². The molecule has 1 aromatic carbocycles. The molecule has 0 saturated carbocycles. The highest BCUT2D eigenvalue weighted by atomic mass is 19.4. The van der Waals surface area contributed by atoms with Gasteiger partial charge in [-0.3, -0.25) is 15.1 Å². The minimum atomic E-state index is -4.45. The lowest BCUT2D eigenvalue weighted by Gasteiger charge is -2.37. The molecule has 41 heavy (non-hydrogen) atoms. The third-order valence-electron chi connectivity index (χ3n) is 7.87. The summed E-state index contributed by atoms with van der Waals surface area (Å²) in [7, 11) is 1.68. The maximum atomic E-state index is 13.7. The van der Waals surface area contributed by atoms with E-state index in [0.29, 0.717) is 29.3 Å². The first kappa shape index (κ1) is 28.9. The summed E-state index contributed by atoms with van der Waals surface area (Å²) in [6, 6.07) is 5.37. The second-order valence-electron chi connectivity index (χ2n) is 11.4. The number of hydrogen-bond acceptors (Lipinski definition) is 8. The molecule has 2 aromatic rings. The maximum Gasteiger partial charge on any atom is 0.408 e. The fraction of sp³-hybridized carbons (Fsp3) is 0.571. The van der Waals surface area contributed by atoms with Crippen LogP contribution in [0, 0.1) is 5.41 Å². The molecule has 1 unspecified atom stereocenters. The average Bonchev–Trinajstić information content (AvgIpc) is 3.49. The largest absolute Gasteiger partial charge is 0.457 e. The fourth-order valence-corrected chi connectivity index (χ4v) is 5.97. The van der Waals surface area contributed by atoms with Crippen molar-refractivity contribution in [2.45, 2.75) is 77.0 Å². The van der Waals surface area contributed by atoms with E-state index < -0.39 is 23.7 Å². The zero-order valence-corrected chi connectivity index (χ0v) is 23.9. The number of likely N-dealkylation sites (tertiary alicyclic amines) is 1. The molecule has 1 amide bonds. The van der Waals surface area contributed by atoms with Gasteiger partial charge in [-0.15, -0.1) is 0 Å². The van der Waals surface area contributed by atoms with Crippen molar-refractivity contribution in [3.8, 4) is 0 Å². The van der Waals surface area contributed by atoms with Crippen molar-refractivity contribution < 1.29 is 27.4 Å². The van der Waals surface area contributed by atoms with Crippen LogP contribution >= 0.6 is 0 Å². The topological polar surface area (TPSA) is 107 Å². The van der Waals surface area contributed by atoms with Crippen molar-refractivity contribution in [2.75, 3.05) is 41.8 Å². The van der Waals surface area contributed by atoms with E-state index >= 15 is 0 Å². The van der Waals surface area contributed by atoms with E-state index in [-0.39, 0.29) is 43.5 Å². The minimum absolute atomic E-state index is 0.0803. The molecule has 0 spiro atoms. The van der Waals surface area contributed by atoms with Crippen LogP contribution in [-0.2, 0) is 26.3 Å². The van der Waals surface area contributed by atoms with Gasteiger partial charge in [0.1, 0.15) is 17.7 Å². The summed E-state index contributed by atoms with van der Waals surface area (Å²) in [6.45, 7) is 8.99. The first-order valence-electron chi connectivity index (χ1n) is 13.8. The second kappa shape index (κ2) is 10.7. The van der Waals surface area contributed by atoms with Gasteiger partial charge in [0.15, 0.2) is 12.4 Å². The summed E-state index contributed by atoms with van der Waals surface area (Å²) in [5, 5.41) is 11.2. The summed E-state index contributed by atoms with van der Waals surface area (Å²) in [6.07, 6.45) is -3.99.